The molecule has 0 amide bonds. The van der Waals surface area contributed by atoms with Crippen LogP contribution in [0, 0.1) is 34.0 Å². The van der Waals surface area contributed by atoms with Crippen LogP contribution in [-0.2, 0) is 0 Å². The Labute approximate surface area is 210 Å². The van der Waals surface area contributed by atoms with E-state index in [9.17, 15) is 10.1 Å². The fourth-order valence-corrected chi connectivity index (χ4v) is 5.70. The van der Waals surface area contributed by atoms with E-state index in [1.165, 1.54) is 25.6 Å². The number of ether oxygens (including phenoxy) is 2. The molecule has 5 fully saturated rings. The summed E-state index contributed by atoms with van der Waals surface area (Å²) in [6.07, 6.45) is 10.5. The van der Waals surface area contributed by atoms with Gasteiger partial charge in [0.15, 0.2) is 17.4 Å². The van der Waals surface area contributed by atoms with E-state index < -0.39 is 5.41 Å². The van der Waals surface area contributed by atoms with Gasteiger partial charge < -0.3 is 20.1 Å². The lowest BCUT2D eigenvalue weighted by Gasteiger charge is -2.61. The number of nitrogen functional groups attached to an aromatic ring is 1. The zero-order valence-corrected chi connectivity index (χ0v) is 20.4. The Balaban J connectivity index is 1.12. The molecule has 4 saturated carbocycles. The first kappa shape index (κ1) is 23.0. The fourth-order valence-electron chi connectivity index (χ4n) is 5.70. The standard InChI is InChI=1S/C26H31N7O3/c27-14-25(3-4-25)15-36-24-31-19(20(34)11-26-8-18(9-26)10-26)7-22(32-24)33-5-1-17(2-6-33)13-35-21-12-29-16-30-23(21)28/h7,12,16-18H,1-6,8-11,13,15H2,(H2,28,29,30). The molecular weight excluding hydrogens is 458 g/mol. The molecular formula is C26H31N7O3. The Hall–Kier alpha value is -3.48. The Morgan fingerprint density at radius 2 is 1.97 bits per heavy atom. The summed E-state index contributed by atoms with van der Waals surface area (Å²) in [4.78, 5) is 32.4. The van der Waals surface area contributed by atoms with Gasteiger partial charge in [0.1, 0.15) is 24.4 Å². The molecule has 0 radical (unpaired) electrons. The van der Waals surface area contributed by atoms with Gasteiger partial charge in [-0.05, 0) is 62.2 Å². The van der Waals surface area contributed by atoms with Crippen molar-refractivity contribution in [3.8, 4) is 17.8 Å². The van der Waals surface area contributed by atoms with Gasteiger partial charge >= 0.3 is 6.01 Å². The molecule has 3 heterocycles. The molecule has 2 aromatic heterocycles. The van der Waals surface area contributed by atoms with Crippen LogP contribution in [0.15, 0.2) is 18.6 Å². The quantitative estimate of drug-likeness (QED) is 0.495. The highest BCUT2D eigenvalue weighted by Gasteiger charge is 2.57. The van der Waals surface area contributed by atoms with Crippen molar-refractivity contribution in [1.82, 2.24) is 19.9 Å². The van der Waals surface area contributed by atoms with E-state index in [0.29, 0.717) is 42.0 Å². The molecule has 0 atom stereocenters. The first-order chi connectivity index (χ1) is 17.4. The molecule has 2 N–H and O–H groups in total. The molecule has 0 unspecified atom stereocenters. The summed E-state index contributed by atoms with van der Waals surface area (Å²) in [5.74, 6) is 2.83. The Kier molecular flexibility index (Phi) is 5.66. The number of Topliss-reactive ketones (excluding diaryl/α,β-unsaturated/α-hetero) is 1. The maximum Gasteiger partial charge on any atom is 0.319 e. The Morgan fingerprint density at radius 1 is 1.19 bits per heavy atom. The van der Waals surface area contributed by atoms with Crippen molar-refractivity contribution < 1.29 is 14.3 Å². The molecule has 10 nitrogen and oxygen atoms in total. The Bertz CT molecular complexity index is 1180. The average molecular weight is 490 g/mol. The smallest absolute Gasteiger partial charge is 0.319 e. The van der Waals surface area contributed by atoms with Gasteiger partial charge in [0.2, 0.25) is 0 Å². The molecule has 4 aliphatic carbocycles. The van der Waals surface area contributed by atoms with Crippen LogP contribution >= 0.6 is 0 Å². The molecule has 2 aromatic rings. The molecule has 0 spiro atoms. The van der Waals surface area contributed by atoms with Gasteiger partial charge in [-0.3, -0.25) is 4.79 Å². The third-order valence-electron chi connectivity index (χ3n) is 8.37. The summed E-state index contributed by atoms with van der Waals surface area (Å²) in [5, 5.41) is 9.40. The van der Waals surface area contributed by atoms with Crippen LogP contribution in [0.25, 0.3) is 0 Å². The number of hydrogen-bond donors (Lipinski definition) is 1. The number of hydrogen-bond acceptors (Lipinski definition) is 10. The minimum absolute atomic E-state index is 0.0639. The van der Waals surface area contributed by atoms with Gasteiger partial charge in [-0.15, -0.1) is 0 Å². The minimum atomic E-state index is -0.430. The fraction of sp³-hybridized carbons (Fsp3) is 0.615. The number of rotatable bonds is 10. The van der Waals surface area contributed by atoms with Crippen LogP contribution in [0.5, 0.6) is 11.8 Å². The molecule has 5 aliphatic rings. The number of nitriles is 1. The normalized spacial score (nSPS) is 25.8. The van der Waals surface area contributed by atoms with Crippen LogP contribution in [0.2, 0.25) is 0 Å². The van der Waals surface area contributed by atoms with Crippen molar-refractivity contribution >= 4 is 17.4 Å². The summed E-state index contributed by atoms with van der Waals surface area (Å²) in [6.45, 7) is 2.38. The second kappa shape index (κ2) is 8.87. The molecule has 36 heavy (non-hydrogen) atoms. The van der Waals surface area contributed by atoms with Gasteiger partial charge in [0, 0.05) is 25.6 Å². The summed E-state index contributed by atoms with van der Waals surface area (Å²) in [7, 11) is 0. The van der Waals surface area contributed by atoms with E-state index in [-0.39, 0.29) is 23.8 Å². The van der Waals surface area contributed by atoms with E-state index in [1.54, 1.807) is 6.20 Å². The van der Waals surface area contributed by atoms with Crippen molar-refractivity contribution in [3.63, 3.8) is 0 Å². The van der Waals surface area contributed by atoms with Gasteiger partial charge in [0.05, 0.1) is 24.3 Å². The van der Waals surface area contributed by atoms with E-state index in [2.05, 4.69) is 30.9 Å². The van der Waals surface area contributed by atoms with Crippen molar-refractivity contribution in [2.24, 2.45) is 22.7 Å². The lowest BCUT2D eigenvalue weighted by molar-refractivity contribution is -0.103. The Morgan fingerprint density at radius 3 is 2.61 bits per heavy atom. The van der Waals surface area contributed by atoms with Gasteiger partial charge in [-0.2, -0.15) is 15.2 Å². The second-order valence-corrected chi connectivity index (χ2v) is 11.2. The summed E-state index contributed by atoms with van der Waals surface area (Å²) >= 11 is 0. The number of carbonyl (C=O) groups excluding carboxylic acids is 1. The molecule has 2 bridgehead atoms. The predicted molar refractivity (Wildman–Crippen MR) is 130 cm³/mol. The minimum Gasteiger partial charge on any atom is -0.488 e. The van der Waals surface area contributed by atoms with Crippen molar-refractivity contribution in [3.05, 3.63) is 24.3 Å². The van der Waals surface area contributed by atoms with E-state index in [1.807, 2.05) is 6.07 Å². The number of nitrogens with zero attached hydrogens (tertiary/aromatic N) is 6. The molecule has 188 valence electrons. The third kappa shape index (κ3) is 4.54. The monoisotopic (exact) mass is 489 g/mol. The topological polar surface area (TPSA) is 140 Å². The van der Waals surface area contributed by atoms with Crippen molar-refractivity contribution in [1.29, 1.82) is 5.26 Å². The number of nitrogens with two attached hydrogens (primary N) is 1. The van der Waals surface area contributed by atoms with Crippen LogP contribution < -0.4 is 20.1 Å². The largest absolute Gasteiger partial charge is 0.488 e. The summed E-state index contributed by atoms with van der Waals surface area (Å²) < 4.78 is 11.7. The van der Waals surface area contributed by atoms with Gasteiger partial charge in [-0.1, -0.05) is 0 Å². The summed E-state index contributed by atoms with van der Waals surface area (Å²) in [6, 6.07) is 4.35. The second-order valence-electron chi connectivity index (χ2n) is 11.2. The molecule has 0 aromatic carbocycles. The lowest BCUT2D eigenvalue weighted by atomic mass is 9.43. The number of carbonyl (C=O) groups is 1. The van der Waals surface area contributed by atoms with Crippen LogP contribution in [0.1, 0.15) is 61.9 Å². The number of ketones is 1. The highest BCUT2D eigenvalue weighted by atomic mass is 16.5. The van der Waals surface area contributed by atoms with Gasteiger partial charge in [-0.25, -0.2) is 9.97 Å². The average Bonchev–Trinajstić information content (AvgIpc) is 3.64. The zero-order valence-electron chi connectivity index (χ0n) is 20.4. The van der Waals surface area contributed by atoms with Gasteiger partial charge in [0.25, 0.3) is 0 Å². The van der Waals surface area contributed by atoms with Crippen LogP contribution in [0.4, 0.5) is 11.6 Å². The first-order valence-electron chi connectivity index (χ1n) is 12.8. The maximum absolute atomic E-state index is 13.2. The SMILES string of the molecule is N#CC1(COc2nc(C(=O)CC34CC(C3)C4)cc(N3CCC(COc4cncnc4N)CC3)n2)CC1. The predicted octanol–water partition coefficient (Wildman–Crippen LogP) is 3.20. The molecule has 1 aliphatic heterocycles. The van der Waals surface area contributed by atoms with E-state index >= 15 is 0 Å². The number of anilines is 2. The zero-order chi connectivity index (χ0) is 24.8. The number of piperidine rings is 1. The molecule has 7 rings (SSSR count). The number of aromatic nitrogens is 4. The maximum atomic E-state index is 13.2. The third-order valence-corrected chi connectivity index (χ3v) is 8.37. The van der Waals surface area contributed by atoms with Crippen LogP contribution in [0.3, 0.4) is 0 Å². The lowest BCUT2D eigenvalue weighted by Crippen LogP contribution is -2.52. The molecule has 1 saturated heterocycles. The molecule has 10 heteroatoms. The van der Waals surface area contributed by atoms with Crippen LogP contribution in [-0.4, -0.2) is 52.0 Å². The van der Waals surface area contributed by atoms with Crippen molar-refractivity contribution in [2.45, 2.75) is 51.4 Å². The highest BCUT2D eigenvalue weighted by molar-refractivity contribution is 5.95. The van der Waals surface area contributed by atoms with Crippen molar-refractivity contribution in [2.75, 3.05) is 36.9 Å². The first-order valence-corrected chi connectivity index (χ1v) is 12.8. The van der Waals surface area contributed by atoms with E-state index in [0.717, 1.165) is 44.7 Å². The highest BCUT2D eigenvalue weighted by Crippen LogP contribution is 2.66. The van der Waals surface area contributed by atoms with E-state index in [4.69, 9.17) is 15.2 Å². The summed E-state index contributed by atoms with van der Waals surface area (Å²) in [5.41, 5.74) is 6.05.